The van der Waals surface area contributed by atoms with E-state index < -0.39 is 22.5 Å². The van der Waals surface area contributed by atoms with Crippen LogP contribution in [0.15, 0.2) is 33.5 Å². The van der Waals surface area contributed by atoms with E-state index in [0.29, 0.717) is 29.5 Å². The number of anilines is 1. The molecular formula is C23H25N3O6S2. The van der Waals surface area contributed by atoms with Crippen molar-refractivity contribution in [1.29, 1.82) is 0 Å². The third kappa shape index (κ3) is 5.20. The van der Waals surface area contributed by atoms with E-state index in [2.05, 4.69) is 15.6 Å². The molecule has 0 atom stereocenters. The summed E-state index contributed by atoms with van der Waals surface area (Å²) in [6.07, 6.45) is 1.15. The Morgan fingerprint density at radius 1 is 1.24 bits per heavy atom. The topological polar surface area (TPSA) is 131 Å². The fourth-order valence-electron chi connectivity index (χ4n) is 4.01. The van der Waals surface area contributed by atoms with Gasteiger partial charge in [-0.2, -0.15) is 11.8 Å². The van der Waals surface area contributed by atoms with E-state index in [4.69, 9.17) is 9.15 Å². The number of carbonyl (C=O) groups excluding carboxylic acids is 2. The number of rotatable bonds is 7. The van der Waals surface area contributed by atoms with Gasteiger partial charge in [-0.05, 0) is 49.5 Å². The number of carbonyl (C=O) groups is 2. The second kappa shape index (κ2) is 10.1. The van der Waals surface area contributed by atoms with Crippen molar-refractivity contribution in [3.05, 3.63) is 46.0 Å². The van der Waals surface area contributed by atoms with E-state index in [-0.39, 0.29) is 24.6 Å². The number of hydrogen-bond donors (Lipinski definition) is 3. The van der Waals surface area contributed by atoms with Gasteiger partial charge in [-0.15, -0.1) is 0 Å². The average Bonchev–Trinajstić information content (AvgIpc) is 3.21. The predicted octanol–water partition coefficient (Wildman–Crippen LogP) is 3.18. The molecular weight excluding hydrogens is 478 g/mol. The SMILES string of the molecule is COc1ccc2nc(NC(=O)CNC(=O)CC3(c4oc(C)cc(=O)c4O)CCSCC3)sc2c1. The quantitative estimate of drug-likeness (QED) is 0.448. The molecule has 4 rings (SSSR count). The Labute approximate surface area is 203 Å². The van der Waals surface area contributed by atoms with Gasteiger partial charge in [0, 0.05) is 17.9 Å². The fourth-order valence-corrected chi connectivity index (χ4v) is 6.19. The number of methoxy groups -OCH3 is 1. The molecule has 1 saturated heterocycles. The van der Waals surface area contributed by atoms with Gasteiger partial charge in [0.05, 0.1) is 23.9 Å². The van der Waals surface area contributed by atoms with Crippen molar-refractivity contribution in [2.75, 3.05) is 30.5 Å². The largest absolute Gasteiger partial charge is 0.502 e. The van der Waals surface area contributed by atoms with Crippen LogP contribution in [0.2, 0.25) is 0 Å². The number of ether oxygens (including phenoxy) is 1. The van der Waals surface area contributed by atoms with Crippen molar-refractivity contribution in [2.45, 2.75) is 31.6 Å². The zero-order valence-corrected chi connectivity index (χ0v) is 20.4. The lowest BCUT2D eigenvalue weighted by atomic mass is 9.75. The molecule has 180 valence electrons. The van der Waals surface area contributed by atoms with Crippen LogP contribution in [-0.2, 0) is 15.0 Å². The minimum absolute atomic E-state index is 0.00171. The number of fused-ring (bicyclic) bond motifs is 1. The zero-order chi connectivity index (χ0) is 24.3. The Bertz CT molecular complexity index is 1280. The standard InChI is InChI=1S/C23H25N3O6S2/c1-13-9-16(27)20(30)21(32-13)23(5-7-33-8-6-23)11-18(28)24-12-19(29)26-22-25-15-4-3-14(31-2)10-17(15)34-22/h3-4,9-10,30H,5-8,11-12H2,1-2H3,(H,24,28)(H,25,26,29). The highest BCUT2D eigenvalue weighted by Gasteiger charge is 2.41. The Morgan fingerprint density at radius 3 is 2.74 bits per heavy atom. The van der Waals surface area contributed by atoms with Crippen molar-refractivity contribution < 1.29 is 23.8 Å². The van der Waals surface area contributed by atoms with Crippen LogP contribution in [0.4, 0.5) is 5.13 Å². The number of nitrogens with zero attached hydrogens (tertiary/aromatic N) is 1. The maximum absolute atomic E-state index is 12.8. The van der Waals surface area contributed by atoms with Gasteiger partial charge in [0.1, 0.15) is 11.5 Å². The molecule has 3 aromatic rings. The first kappa shape index (κ1) is 24.1. The molecule has 3 heterocycles. The Hall–Kier alpha value is -3.05. The number of benzene rings is 1. The summed E-state index contributed by atoms with van der Waals surface area (Å²) in [6, 6.07) is 6.67. The van der Waals surface area contributed by atoms with Crippen LogP contribution in [0.5, 0.6) is 11.5 Å². The minimum Gasteiger partial charge on any atom is -0.502 e. The molecule has 2 amide bonds. The highest BCUT2D eigenvalue weighted by Crippen LogP contribution is 2.44. The maximum Gasteiger partial charge on any atom is 0.245 e. The van der Waals surface area contributed by atoms with Crippen molar-refractivity contribution in [1.82, 2.24) is 10.3 Å². The summed E-state index contributed by atoms with van der Waals surface area (Å²) < 4.78 is 11.8. The van der Waals surface area contributed by atoms with Gasteiger partial charge >= 0.3 is 0 Å². The second-order valence-corrected chi connectivity index (χ2v) is 10.4. The molecule has 9 nitrogen and oxygen atoms in total. The lowest BCUT2D eigenvalue weighted by molar-refractivity contribution is -0.125. The number of thiazole rings is 1. The van der Waals surface area contributed by atoms with E-state index in [0.717, 1.165) is 21.7 Å². The molecule has 1 aliphatic rings. The molecule has 3 N–H and O–H groups in total. The van der Waals surface area contributed by atoms with E-state index in [1.165, 1.54) is 17.4 Å². The Morgan fingerprint density at radius 2 is 2.00 bits per heavy atom. The molecule has 0 radical (unpaired) electrons. The van der Waals surface area contributed by atoms with E-state index in [1.54, 1.807) is 31.9 Å². The summed E-state index contributed by atoms with van der Waals surface area (Å²) in [7, 11) is 1.58. The summed E-state index contributed by atoms with van der Waals surface area (Å²) in [5.41, 5.74) is -0.584. The molecule has 2 aromatic heterocycles. The van der Waals surface area contributed by atoms with Gasteiger partial charge < -0.3 is 24.9 Å². The molecule has 1 aromatic carbocycles. The Kier molecular flexibility index (Phi) is 7.13. The highest BCUT2D eigenvalue weighted by molar-refractivity contribution is 7.99. The molecule has 1 fully saturated rings. The van der Waals surface area contributed by atoms with Crippen LogP contribution in [0, 0.1) is 6.92 Å². The lowest BCUT2D eigenvalue weighted by Gasteiger charge is -2.35. The lowest BCUT2D eigenvalue weighted by Crippen LogP contribution is -2.40. The number of hydrogen-bond acceptors (Lipinski definition) is 9. The van der Waals surface area contributed by atoms with E-state index in [1.807, 2.05) is 12.1 Å². The van der Waals surface area contributed by atoms with Crippen molar-refractivity contribution in [3.63, 3.8) is 0 Å². The number of amides is 2. The van der Waals surface area contributed by atoms with Gasteiger partial charge in [-0.1, -0.05) is 11.3 Å². The molecule has 0 aliphatic carbocycles. The monoisotopic (exact) mass is 503 g/mol. The summed E-state index contributed by atoms with van der Waals surface area (Å²) in [5.74, 6) is 1.56. The summed E-state index contributed by atoms with van der Waals surface area (Å²) in [6.45, 7) is 1.41. The van der Waals surface area contributed by atoms with Crippen molar-refractivity contribution >= 4 is 50.3 Å². The number of aromatic hydroxyl groups is 1. The average molecular weight is 504 g/mol. The molecule has 0 unspecified atom stereocenters. The highest BCUT2D eigenvalue weighted by atomic mass is 32.2. The van der Waals surface area contributed by atoms with Gasteiger partial charge in [-0.25, -0.2) is 4.98 Å². The number of aryl methyl sites for hydroxylation is 1. The summed E-state index contributed by atoms with van der Waals surface area (Å²) in [5, 5.41) is 16.2. The molecule has 34 heavy (non-hydrogen) atoms. The van der Waals surface area contributed by atoms with Crippen LogP contribution in [0.3, 0.4) is 0 Å². The second-order valence-electron chi connectivity index (χ2n) is 8.15. The maximum atomic E-state index is 12.8. The molecule has 0 bridgehead atoms. The number of aromatic nitrogens is 1. The van der Waals surface area contributed by atoms with Gasteiger partial charge in [0.15, 0.2) is 10.9 Å². The van der Waals surface area contributed by atoms with Crippen LogP contribution in [0.25, 0.3) is 10.2 Å². The zero-order valence-electron chi connectivity index (χ0n) is 18.8. The van der Waals surface area contributed by atoms with Gasteiger partial charge in [0.2, 0.25) is 23.0 Å². The van der Waals surface area contributed by atoms with E-state index >= 15 is 0 Å². The van der Waals surface area contributed by atoms with Crippen LogP contribution < -0.4 is 20.8 Å². The molecule has 1 aliphatic heterocycles. The molecule has 0 saturated carbocycles. The summed E-state index contributed by atoms with van der Waals surface area (Å²) in [4.78, 5) is 41.7. The predicted molar refractivity (Wildman–Crippen MR) is 132 cm³/mol. The van der Waals surface area contributed by atoms with Crippen molar-refractivity contribution in [2.24, 2.45) is 0 Å². The third-order valence-corrected chi connectivity index (χ3v) is 7.68. The molecule has 11 heteroatoms. The molecule has 0 spiro atoms. The van der Waals surface area contributed by atoms with Crippen LogP contribution in [-0.4, -0.2) is 47.1 Å². The minimum atomic E-state index is -0.798. The first-order valence-electron chi connectivity index (χ1n) is 10.7. The van der Waals surface area contributed by atoms with Gasteiger partial charge in [0.25, 0.3) is 0 Å². The van der Waals surface area contributed by atoms with Crippen LogP contribution in [0.1, 0.15) is 30.8 Å². The fraction of sp³-hybridized carbons (Fsp3) is 0.391. The Balaban J connectivity index is 1.41. The first-order chi connectivity index (χ1) is 16.3. The number of thioether (sulfide) groups is 1. The van der Waals surface area contributed by atoms with Gasteiger partial charge in [-0.3, -0.25) is 14.4 Å². The smallest absolute Gasteiger partial charge is 0.245 e. The normalized spacial score (nSPS) is 15.1. The first-order valence-corrected chi connectivity index (χ1v) is 12.7. The number of nitrogens with one attached hydrogen (secondary N) is 2. The third-order valence-electron chi connectivity index (χ3n) is 5.76. The van der Waals surface area contributed by atoms with E-state index in [9.17, 15) is 19.5 Å². The van der Waals surface area contributed by atoms with Crippen molar-refractivity contribution in [3.8, 4) is 11.5 Å². The van der Waals surface area contributed by atoms with Crippen LogP contribution >= 0.6 is 23.1 Å². The summed E-state index contributed by atoms with van der Waals surface area (Å²) >= 11 is 3.06.